The van der Waals surface area contributed by atoms with Gasteiger partial charge in [0.05, 0.1) is 5.75 Å². The van der Waals surface area contributed by atoms with Crippen LogP contribution >= 0.6 is 0 Å². The maximum atomic E-state index is 12.1. The summed E-state index contributed by atoms with van der Waals surface area (Å²) in [6, 6.07) is 9.09. The third-order valence-corrected chi connectivity index (χ3v) is 4.53. The van der Waals surface area contributed by atoms with Crippen LogP contribution in [0.2, 0.25) is 0 Å². The van der Waals surface area contributed by atoms with Gasteiger partial charge in [-0.25, -0.2) is 13.1 Å². The minimum absolute atomic E-state index is 0.0397. The van der Waals surface area contributed by atoms with Gasteiger partial charge in [0.2, 0.25) is 10.0 Å². The summed E-state index contributed by atoms with van der Waals surface area (Å²) in [6.07, 6.45) is 3.37. The highest BCUT2D eigenvalue weighted by Gasteiger charge is 2.12. The molecule has 0 unspecified atom stereocenters. The summed E-state index contributed by atoms with van der Waals surface area (Å²) < 4.78 is 26.8. The van der Waals surface area contributed by atoms with Gasteiger partial charge >= 0.3 is 0 Å². The molecule has 2 rings (SSSR count). The van der Waals surface area contributed by atoms with Crippen LogP contribution in [0.4, 0.5) is 0 Å². The van der Waals surface area contributed by atoms with Gasteiger partial charge in [0.1, 0.15) is 0 Å². The molecule has 1 aromatic carbocycles. The Morgan fingerprint density at radius 2 is 1.81 bits per heavy atom. The lowest BCUT2D eigenvalue weighted by Crippen LogP contribution is -2.25. The van der Waals surface area contributed by atoms with Crippen LogP contribution < -0.4 is 10.5 Å². The summed E-state index contributed by atoms with van der Waals surface area (Å²) in [6.45, 7) is 2.63. The van der Waals surface area contributed by atoms with Crippen LogP contribution in [0.15, 0.2) is 42.7 Å². The Bertz CT molecular complexity index is 697. The average molecular weight is 305 g/mol. The van der Waals surface area contributed by atoms with Crippen LogP contribution in [0.3, 0.4) is 0 Å². The zero-order chi connectivity index (χ0) is 15.3. The molecule has 5 nitrogen and oxygen atoms in total. The quantitative estimate of drug-likeness (QED) is 0.846. The molecular weight excluding hydrogens is 286 g/mol. The first-order valence-corrected chi connectivity index (χ1v) is 8.30. The molecule has 0 aliphatic heterocycles. The predicted molar refractivity (Wildman–Crippen MR) is 82.8 cm³/mol. The summed E-state index contributed by atoms with van der Waals surface area (Å²) in [7, 11) is -3.37. The van der Waals surface area contributed by atoms with Crippen molar-refractivity contribution in [2.75, 3.05) is 0 Å². The monoisotopic (exact) mass is 305 g/mol. The Hall–Kier alpha value is -1.76. The van der Waals surface area contributed by atoms with Gasteiger partial charge in [-0.15, -0.1) is 0 Å². The van der Waals surface area contributed by atoms with Crippen molar-refractivity contribution in [1.82, 2.24) is 9.71 Å². The molecule has 112 valence electrons. The van der Waals surface area contributed by atoms with Crippen LogP contribution in [0.5, 0.6) is 0 Å². The van der Waals surface area contributed by atoms with E-state index in [-0.39, 0.29) is 12.3 Å². The third-order valence-electron chi connectivity index (χ3n) is 3.23. The zero-order valence-corrected chi connectivity index (χ0v) is 12.7. The maximum Gasteiger partial charge on any atom is 0.216 e. The molecule has 6 heteroatoms. The second kappa shape index (κ2) is 6.80. The van der Waals surface area contributed by atoms with Crippen LogP contribution in [0.25, 0.3) is 0 Å². The Kier molecular flexibility index (Phi) is 5.06. The summed E-state index contributed by atoms with van der Waals surface area (Å²) >= 11 is 0. The number of aryl methyl sites for hydroxylation is 1. The van der Waals surface area contributed by atoms with Crippen molar-refractivity contribution in [3.8, 4) is 0 Å². The van der Waals surface area contributed by atoms with Crippen LogP contribution in [0.1, 0.15) is 22.3 Å². The number of pyridine rings is 1. The van der Waals surface area contributed by atoms with E-state index in [4.69, 9.17) is 5.73 Å². The number of aromatic nitrogens is 1. The van der Waals surface area contributed by atoms with Gasteiger partial charge < -0.3 is 5.73 Å². The fourth-order valence-corrected chi connectivity index (χ4v) is 3.04. The molecule has 3 N–H and O–H groups in total. The lowest BCUT2D eigenvalue weighted by Gasteiger charge is -2.09. The van der Waals surface area contributed by atoms with E-state index in [0.717, 1.165) is 22.3 Å². The molecule has 0 amide bonds. The maximum absolute atomic E-state index is 12.1. The molecule has 21 heavy (non-hydrogen) atoms. The second-order valence-electron chi connectivity index (χ2n) is 4.90. The molecule has 0 atom stereocenters. The fraction of sp³-hybridized carbons (Fsp3) is 0.267. The Labute approximate surface area is 125 Å². The van der Waals surface area contributed by atoms with E-state index in [1.54, 1.807) is 24.5 Å². The number of hydrogen-bond donors (Lipinski definition) is 2. The van der Waals surface area contributed by atoms with Crippen molar-refractivity contribution in [2.45, 2.75) is 25.8 Å². The summed E-state index contributed by atoms with van der Waals surface area (Å²) in [5.74, 6) is -0.0397. The van der Waals surface area contributed by atoms with Crippen LogP contribution in [-0.2, 0) is 28.9 Å². The van der Waals surface area contributed by atoms with Gasteiger partial charge in [0, 0.05) is 25.5 Å². The molecule has 1 heterocycles. The second-order valence-corrected chi connectivity index (χ2v) is 6.71. The van der Waals surface area contributed by atoms with E-state index in [9.17, 15) is 8.42 Å². The first-order valence-electron chi connectivity index (χ1n) is 6.65. The highest BCUT2D eigenvalue weighted by atomic mass is 32.2. The van der Waals surface area contributed by atoms with E-state index < -0.39 is 10.0 Å². The molecule has 0 saturated carbocycles. The molecule has 0 aliphatic rings. The molecule has 0 spiro atoms. The van der Waals surface area contributed by atoms with Gasteiger partial charge in [-0.1, -0.05) is 24.3 Å². The lowest BCUT2D eigenvalue weighted by atomic mass is 10.1. The molecule has 0 radical (unpaired) electrons. The number of rotatable bonds is 6. The van der Waals surface area contributed by atoms with Crippen LogP contribution in [0, 0.1) is 6.92 Å². The number of nitrogens with two attached hydrogens (primary N) is 1. The molecule has 2 aromatic rings. The Morgan fingerprint density at radius 3 is 2.43 bits per heavy atom. The average Bonchev–Trinajstić information content (AvgIpc) is 2.47. The van der Waals surface area contributed by atoms with Gasteiger partial charge in [-0.3, -0.25) is 4.98 Å². The highest BCUT2D eigenvalue weighted by molar-refractivity contribution is 7.88. The van der Waals surface area contributed by atoms with E-state index in [1.807, 2.05) is 25.1 Å². The predicted octanol–water partition coefficient (Wildman–Crippen LogP) is 1.47. The standard InChI is InChI=1S/C15H19N3O2S/c1-12-9-17-7-6-15(12)10-18-21(19,20)11-14-4-2-13(8-16)3-5-14/h2-7,9,18H,8,10-11,16H2,1H3. The summed E-state index contributed by atoms with van der Waals surface area (Å²) in [4.78, 5) is 3.99. The topological polar surface area (TPSA) is 85.1 Å². The number of nitrogens with zero attached hydrogens (tertiary/aromatic N) is 1. The van der Waals surface area contributed by atoms with Gasteiger partial charge in [-0.05, 0) is 35.2 Å². The minimum atomic E-state index is -3.37. The van der Waals surface area contributed by atoms with Gasteiger partial charge in [0.15, 0.2) is 0 Å². The third kappa shape index (κ3) is 4.63. The van der Waals surface area contributed by atoms with E-state index >= 15 is 0 Å². The number of sulfonamides is 1. The van der Waals surface area contributed by atoms with E-state index in [2.05, 4.69) is 9.71 Å². The molecule has 0 fully saturated rings. The number of benzene rings is 1. The van der Waals surface area contributed by atoms with Crippen molar-refractivity contribution in [2.24, 2.45) is 5.73 Å². The van der Waals surface area contributed by atoms with Gasteiger partial charge in [0.25, 0.3) is 0 Å². The van der Waals surface area contributed by atoms with Crippen molar-refractivity contribution < 1.29 is 8.42 Å². The Balaban J connectivity index is 2.00. The zero-order valence-electron chi connectivity index (χ0n) is 11.9. The van der Waals surface area contributed by atoms with Crippen molar-refractivity contribution in [1.29, 1.82) is 0 Å². The fourth-order valence-electron chi connectivity index (χ4n) is 1.93. The molecule has 0 bridgehead atoms. The molecule has 0 saturated heterocycles. The summed E-state index contributed by atoms with van der Waals surface area (Å²) in [5.41, 5.74) is 9.13. The minimum Gasteiger partial charge on any atom is -0.326 e. The van der Waals surface area contributed by atoms with Gasteiger partial charge in [-0.2, -0.15) is 0 Å². The molecule has 1 aromatic heterocycles. The lowest BCUT2D eigenvalue weighted by molar-refractivity contribution is 0.580. The first-order chi connectivity index (χ1) is 10.00. The summed E-state index contributed by atoms with van der Waals surface area (Å²) in [5, 5.41) is 0. The van der Waals surface area contributed by atoms with Crippen molar-refractivity contribution in [3.63, 3.8) is 0 Å². The smallest absolute Gasteiger partial charge is 0.216 e. The number of nitrogens with one attached hydrogen (secondary N) is 1. The molecular formula is C15H19N3O2S. The normalized spacial score (nSPS) is 11.5. The van der Waals surface area contributed by atoms with Crippen molar-refractivity contribution >= 4 is 10.0 Å². The number of hydrogen-bond acceptors (Lipinski definition) is 4. The van der Waals surface area contributed by atoms with Crippen molar-refractivity contribution in [3.05, 3.63) is 65.0 Å². The van der Waals surface area contributed by atoms with E-state index in [0.29, 0.717) is 6.54 Å². The van der Waals surface area contributed by atoms with Crippen LogP contribution in [-0.4, -0.2) is 13.4 Å². The SMILES string of the molecule is Cc1cnccc1CNS(=O)(=O)Cc1ccc(CN)cc1. The largest absolute Gasteiger partial charge is 0.326 e. The molecule has 0 aliphatic carbocycles. The first kappa shape index (κ1) is 15.6. The Morgan fingerprint density at radius 1 is 1.14 bits per heavy atom. The van der Waals surface area contributed by atoms with E-state index in [1.165, 1.54) is 0 Å². The highest BCUT2D eigenvalue weighted by Crippen LogP contribution is 2.09.